The SMILES string of the molecule is Cc1ccc(C(=O)N2CCCCCC2C(=O)O)cc1. The Morgan fingerprint density at radius 1 is 1.16 bits per heavy atom. The number of aliphatic carboxylic acids is 1. The van der Waals surface area contributed by atoms with Crippen LogP contribution in [0.25, 0.3) is 0 Å². The van der Waals surface area contributed by atoms with Crippen LogP contribution in [-0.2, 0) is 4.79 Å². The van der Waals surface area contributed by atoms with Crippen LogP contribution in [0.5, 0.6) is 0 Å². The van der Waals surface area contributed by atoms with E-state index in [1.807, 2.05) is 19.1 Å². The molecule has 1 fully saturated rings. The monoisotopic (exact) mass is 261 g/mol. The van der Waals surface area contributed by atoms with Crippen LogP contribution < -0.4 is 0 Å². The molecule has 1 unspecified atom stereocenters. The number of carboxylic acid groups (broad SMARTS) is 1. The molecule has 1 aliphatic heterocycles. The number of carbonyl (C=O) groups excluding carboxylic acids is 1. The Hall–Kier alpha value is -1.84. The van der Waals surface area contributed by atoms with Gasteiger partial charge >= 0.3 is 5.97 Å². The Bertz CT molecular complexity index is 467. The maximum absolute atomic E-state index is 12.4. The van der Waals surface area contributed by atoms with Gasteiger partial charge in [0.1, 0.15) is 6.04 Å². The number of hydrogen-bond donors (Lipinski definition) is 1. The van der Waals surface area contributed by atoms with Crippen LogP contribution in [0.4, 0.5) is 0 Å². The highest BCUT2D eigenvalue weighted by Gasteiger charge is 2.31. The molecule has 1 aromatic rings. The Morgan fingerprint density at radius 2 is 1.84 bits per heavy atom. The van der Waals surface area contributed by atoms with Gasteiger partial charge in [-0.05, 0) is 31.9 Å². The first kappa shape index (κ1) is 13.6. The van der Waals surface area contributed by atoms with Crippen LogP contribution in [-0.4, -0.2) is 34.5 Å². The van der Waals surface area contributed by atoms with E-state index >= 15 is 0 Å². The first-order valence-corrected chi connectivity index (χ1v) is 6.70. The lowest BCUT2D eigenvalue weighted by Crippen LogP contribution is -2.44. The summed E-state index contributed by atoms with van der Waals surface area (Å²) in [6, 6.07) is 6.60. The maximum atomic E-state index is 12.4. The van der Waals surface area contributed by atoms with Gasteiger partial charge in [-0.3, -0.25) is 4.79 Å². The molecule has 4 heteroatoms. The van der Waals surface area contributed by atoms with E-state index in [2.05, 4.69) is 0 Å². The second-order valence-corrected chi connectivity index (χ2v) is 5.07. The second-order valence-electron chi connectivity index (χ2n) is 5.07. The smallest absolute Gasteiger partial charge is 0.326 e. The van der Waals surface area contributed by atoms with Gasteiger partial charge in [-0.25, -0.2) is 4.79 Å². The average molecular weight is 261 g/mol. The summed E-state index contributed by atoms with van der Waals surface area (Å²) in [7, 11) is 0. The van der Waals surface area contributed by atoms with Crippen molar-refractivity contribution in [2.24, 2.45) is 0 Å². The number of likely N-dealkylation sites (tertiary alicyclic amines) is 1. The predicted octanol–water partition coefficient (Wildman–Crippen LogP) is 2.46. The lowest BCUT2D eigenvalue weighted by Gasteiger charge is -2.27. The van der Waals surface area contributed by atoms with E-state index in [-0.39, 0.29) is 5.91 Å². The highest BCUT2D eigenvalue weighted by Crippen LogP contribution is 2.19. The third-order valence-electron chi connectivity index (χ3n) is 3.60. The van der Waals surface area contributed by atoms with Gasteiger partial charge in [0.2, 0.25) is 0 Å². The summed E-state index contributed by atoms with van der Waals surface area (Å²) < 4.78 is 0. The number of hydrogen-bond acceptors (Lipinski definition) is 2. The van der Waals surface area contributed by atoms with Gasteiger partial charge in [-0.2, -0.15) is 0 Å². The zero-order valence-electron chi connectivity index (χ0n) is 11.1. The minimum Gasteiger partial charge on any atom is -0.480 e. The zero-order valence-corrected chi connectivity index (χ0v) is 11.1. The minimum atomic E-state index is -0.901. The number of carboxylic acids is 1. The molecule has 1 atom stereocenters. The molecule has 0 radical (unpaired) electrons. The van der Waals surface area contributed by atoms with Crippen LogP contribution in [0.15, 0.2) is 24.3 Å². The van der Waals surface area contributed by atoms with Crippen molar-refractivity contribution in [2.45, 2.75) is 38.6 Å². The van der Waals surface area contributed by atoms with Gasteiger partial charge in [-0.15, -0.1) is 0 Å². The molecule has 1 N–H and O–H groups in total. The molecule has 0 saturated carbocycles. The van der Waals surface area contributed by atoms with Crippen molar-refractivity contribution in [3.63, 3.8) is 0 Å². The van der Waals surface area contributed by atoms with Gasteiger partial charge in [-0.1, -0.05) is 30.5 Å². The Labute approximate surface area is 113 Å². The standard InChI is InChI=1S/C15H19NO3/c1-11-6-8-12(9-7-11)14(17)16-10-4-2-3-5-13(16)15(18)19/h6-9,13H,2-5,10H2,1H3,(H,18,19). The van der Waals surface area contributed by atoms with Crippen LogP contribution in [0.3, 0.4) is 0 Å². The highest BCUT2D eigenvalue weighted by molar-refractivity contribution is 5.96. The van der Waals surface area contributed by atoms with Gasteiger partial charge in [0.15, 0.2) is 0 Å². The van der Waals surface area contributed by atoms with Crippen molar-refractivity contribution in [1.29, 1.82) is 0 Å². The molecule has 0 aromatic heterocycles. The zero-order chi connectivity index (χ0) is 13.8. The first-order valence-electron chi connectivity index (χ1n) is 6.70. The third-order valence-corrected chi connectivity index (χ3v) is 3.60. The Balaban J connectivity index is 2.23. The van der Waals surface area contributed by atoms with Crippen LogP contribution in [0.2, 0.25) is 0 Å². The summed E-state index contributed by atoms with van der Waals surface area (Å²) in [5, 5.41) is 9.28. The van der Waals surface area contributed by atoms with E-state index in [0.29, 0.717) is 18.5 Å². The summed E-state index contributed by atoms with van der Waals surface area (Å²) in [5.41, 5.74) is 1.65. The molecule has 4 nitrogen and oxygen atoms in total. The summed E-state index contributed by atoms with van der Waals surface area (Å²) in [6.07, 6.45) is 3.28. The summed E-state index contributed by atoms with van der Waals surface area (Å²) in [5.74, 6) is -1.07. The van der Waals surface area contributed by atoms with Crippen molar-refractivity contribution in [2.75, 3.05) is 6.54 Å². The Kier molecular flexibility index (Phi) is 4.20. The van der Waals surface area contributed by atoms with Crippen molar-refractivity contribution >= 4 is 11.9 Å². The quantitative estimate of drug-likeness (QED) is 0.889. The summed E-state index contributed by atoms with van der Waals surface area (Å²) in [4.78, 5) is 25.3. The molecule has 19 heavy (non-hydrogen) atoms. The fraction of sp³-hybridized carbons (Fsp3) is 0.467. The second kappa shape index (κ2) is 5.87. The predicted molar refractivity (Wildman–Crippen MR) is 72.1 cm³/mol. The molecular formula is C15H19NO3. The van der Waals surface area contributed by atoms with Crippen molar-refractivity contribution in [1.82, 2.24) is 4.90 Å². The fourth-order valence-corrected chi connectivity index (χ4v) is 2.47. The average Bonchev–Trinajstić information content (AvgIpc) is 2.64. The molecule has 1 saturated heterocycles. The van der Waals surface area contributed by atoms with E-state index < -0.39 is 12.0 Å². The molecular weight excluding hydrogens is 242 g/mol. The molecule has 2 rings (SSSR count). The van der Waals surface area contributed by atoms with Gasteiger partial charge in [0.05, 0.1) is 0 Å². The number of benzene rings is 1. The summed E-state index contributed by atoms with van der Waals surface area (Å²) >= 11 is 0. The molecule has 1 heterocycles. The fourth-order valence-electron chi connectivity index (χ4n) is 2.47. The van der Waals surface area contributed by atoms with E-state index in [1.165, 1.54) is 4.90 Å². The van der Waals surface area contributed by atoms with Crippen LogP contribution >= 0.6 is 0 Å². The first-order chi connectivity index (χ1) is 9.09. The van der Waals surface area contributed by atoms with E-state index in [4.69, 9.17) is 0 Å². The number of amides is 1. The van der Waals surface area contributed by atoms with Crippen molar-refractivity contribution in [3.8, 4) is 0 Å². The summed E-state index contributed by atoms with van der Waals surface area (Å²) in [6.45, 7) is 2.49. The minimum absolute atomic E-state index is 0.172. The van der Waals surface area contributed by atoms with Gasteiger partial charge in [0, 0.05) is 12.1 Å². The normalized spacial score (nSPS) is 19.8. The molecule has 0 spiro atoms. The number of nitrogens with zero attached hydrogens (tertiary/aromatic N) is 1. The van der Waals surface area contributed by atoms with Crippen LogP contribution in [0.1, 0.15) is 41.6 Å². The molecule has 1 aromatic carbocycles. The molecule has 0 bridgehead atoms. The maximum Gasteiger partial charge on any atom is 0.326 e. The molecule has 1 aliphatic rings. The topological polar surface area (TPSA) is 57.6 Å². The van der Waals surface area contributed by atoms with Crippen LogP contribution in [0, 0.1) is 6.92 Å². The molecule has 1 amide bonds. The van der Waals surface area contributed by atoms with Crippen molar-refractivity contribution in [3.05, 3.63) is 35.4 Å². The number of aryl methyl sites for hydroxylation is 1. The van der Waals surface area contributed by atoms with Crippen molar-refractivity contribution < 1.29 is 14.7 Å². The highest BCUT2D eigenvalue weighted by atomic mass is 16.4. The van der Waals surface area contributed by atoms with Gasteiger partial charge < -0.3 is 10.0 Å². The molecule has 0 aliphatic carbocycles. The third kappa shape index (κ3) is 3.13. The van der Waals surface area contributed by atoms with E-state index in [0.717, 1.165) is 24.8 Å². The number of carbonyl (C=O) groups is 2. The largest absolute Gasteiger partial charge is 0.480 e. The lowest BCUT2D eigenvalue weighted by molar-refractivity contribution is -0.142. The number of rotatable bonds is 2. The molecule has 102 valence electrons. The van der Waals surface area contributed by atoms with E-state index in [9.17, 15) is 14.7 Å². The Morgan fingerprint density at radius 3 is 2.47 bits per heavy atom. The van der Waals surface area contributed by atoms with E-state index in [1.54, 1.807) is 12.1 Å². The van der Waals surface area contributed by atoms with Gasteiger partial charge in [0.25, 0.3) is 5.91 Å². The lowest BCUT2D eigenvalue weighted by atomic mass is 10.1.